The van der Waals surface area contributed by atoms with Gasteiger partial charge in [-0.05, 0) is 60.9 Å². The lowest BCUT2D eigenvalue weighted by Gasteiger charge is -2.06. The number of aliphatic hydroxyl groups excluding tert-OH is 1. The van der Waals surface area contributed by atoms with Crippen molar-refractivity contribution in [3.05, 3.63) is 70.8 Å². The average molecular weight is 312 g/mol. The molecule has 0 aliphatic rings. The van der Waals surface area contributed by atoms with Gasteiger partial charge >= 0.3 is 5.97 Å². The molecule has 0 saturated heterocycles. The molecule has 0 saturated carbocycles. The molecule has 0 bridgehead atoms. The van der Waals surface area contributed by atoms with Crippen LogP contribution in [0, 0.1) is 0 Å². The summed E-state index contributed by atoms with van der Waals surface area (Å²) in [7, 11) is 1.40. The standard InChI is InChI=1S/C20H24O3/c1-23-20(22)19-12-4-10-18(15-19)9-3-7-16-6-2-8-17(14-16)11-5-13-21/h2,4,6,8,10,12,14-15,21H,3,5,7,9,11,13H2,1H3. The molecule has 0 fully saturated rings. The van der Waals surface area contributed by atoms with Gasteiger partial charge in [-0.1, -0.05) is 36.4 Å². The number of aliphatic hydroxyl groups is 1. The maximum absolute atomic E-state index is 11.5. The summed E-state index contributed by atoms with van der Waals surface area (Å²) in [6.45, 7) is 0.237. The van der Waals surface area contributed by atoms with Gasteiger partial charge in [0.25, 0.3) is 0 Å². The molecule has 3 nitrogen and oxygen atoms in total. The van der Waals surface area contributed by atoms with E-state index < -0.39 is 0 Å². The molecule has 2 aromatic rings. The van der Waals surface area contributed by atoms with Gasteiger partial charge in [0.05, 0.1) is 12.7 Å². The van der Waals surface area contributed by atoms with Crippen LogP contribution in [0.3, 0.4) is 0 Å². The van der Waals surface area contributed by atoms with Gasteiger partial charge in [-0.2, -0.15) is 0 Å². The first kappa shape index (κ1) is 17.2. The summed E-state index contributed by atoms with van der Waals surface area (Å²) in [4.78, 5) is 11.5. The number of carbonyl (C=O) groups is 1. The summed E-state index contributed by atoms with van der Waals surface area (Å²) in [5.41, 5.74) is 4.37. The Morgan fingerprint density at radius 1 is 0.913 bits per heavy atom. The van der Waals surface area contributed by atoms with E-state index in [1.807, 2.05) is 18.2 Å². The minimum absolute atomic E-state index is 0.237. The number of ether oxygens (including phenoxy) is 1. The van der Waals surface area contributed by atoms with E-state index in [4.69, 9.17) is 9.84 Å². The molecule has 0 unspecified atom stereocenters. The number of rotatable bonds is 8. The first-order valence-corrected chi connectivity index (χ1v) is 8.09. The molecule has 0 spiro atoms. The molecule has 1 N–H and O–H groups in total. The van der Waals surface area contributed by atoms with Crippen molar-refractivity contribution >= 4 is 5.97 Å². The van der Waals surface area contributed by atoms with Crippen LogP contribution < -0.4 is 0 Å². The Morgan fingerprint density at radius 3 is 2.09 bits per heavy atom. The summed E-state index contributed by atoms with van der Waals surface area (Å²) in [6, 6.07) is 16.2. The van der Waals surface area contributed by atoms with Crippen LogP contribution in [0.25, 0.3) is 0 Å². The van der Waals surface area contributed by atoms with Crippen LogP contribution in [0.2, 0.25) is 0 Å². The predicted octanol–water partition coefficient (Wildman–Crippen LogP) is 3.57. The number of methoxy groups -OCH3 is 1. The van der Waals surface area contributed by atoms with Crippen LogP contribution in [0.15, 0.2) is 48.5 Å². The monoisotopic (exact) mass is 312 g/mol. The van der Waals surface area contributed by atoms with Crippen molar-refractivity contribution in [1.29, 1.82) is 0 Å². The zero-order valence-corrected chi connectivity index (χ0v) is 13.6. The fourth-order valence-electron chi connectivity index (χ4n) is 2.69. The molecule has 122 valence electrons. The Balaban J connectivity index is 1.88. The highest BCUT2D eigenvalue weighted by Crippen LogP contribution is 2.13. The largest absolute Gasteiger partial charge is 0.465 e. The quantitative estimate of drug-likeness (QED) is 0.758. The van der Waals surface area contributed by atoms with Crippen LogP contribution in [0.1, 0.15) is 39.9 Å². The molecule has 2 aromatic carbocycles. The summed E-state index contributed by atoms with van der Waals surface area (Å²) in [6.07, 6.45) is 4.71. The Bertz CT molecular complexity index is 634. The van der Waals surface area contributed by atoms with E-state index in [0.29, 0.717) is 5.56 Å². The van der Waals surface area contributed by atoms with E-state index in [0.717, 1.165) is 37.7 Å². The number of hydrogen-bond acceptors (Lipinski definition) is 3. The molecule has 0 aromatic heterocycles. The lowest BCUT2D eigenvalue weighted by atomic mass is 10.00. The third-order valence-corrected chi connectivity index (χ3v) is 3.89. The molecule has 0 aliphatic carbocycles. The molecule has 3 heteroatoms. The van der Waals surface area contributed by atoms with Crippen molar-refractivity contribution in [3.8, 4) is 0 Å². The number of esters is 1. The second-order valence-corrected chi connectivity index (χ2v) is 5.69. The second kappa shape index (κ2) is 9.11. The molecule has 0 heterocycles. The SMILES string of the molecule is COC(=O)c1cccc(CCCc2cccc(CCCO)c2)c1. The number of carbonyl (C=O) groups excluding carboxylic acids is 1. The topological polar surface area (TPSA) is 46.5 Å². The smallest absolute Gasteiger partial charge is 0.337 e. The average Bonchev–Trinajstić information content (AvgIpc) is 2.60. The van der Waals surface area contributed by atoms with Crippen molar-refractivity contribution in [2.24, 2.45) is 0 Å². The van der Waals surface area contributed by atoms with E-state index in [1.165, 1.54) is 18.2 Å². The summed E-state index contributed by atoms with van der Waals surface area (Å²) < 4.78 is 4.75. The molecule has 0 atom stereocenters. The predicted molar refractivity (Wildman–Crippen MR) is 91.7 cm³/mol. The maximum atomic E-state index is 11.5. The van der Waals surface area contributed by atoms with Gasteiger partial charge in [0, 0.05) is 6.61 Å². The third kappa shape index (κ3) is 5.53. The molecule has 0 aliphatic heterocycles. The van der Waals surface area contributed by atoms with Crippen molar-refractivity contribution in [3.63, 3.8) is 0 Å². The second-order valence-electron chi connectivity index (χ2n) is 5.69. The fraction of sp³-hybridized carbons (Fsp3) is 0.350. The number of benzene rings is 2. The Hall–Kier alpha value is -2.13. The lowest BCUT2D eigenvalue weighted by Crippen LogP contribution is -2.02. The van der Waals surface area contributed by atoms with Crippen LogP contribution in [-0.2, 0) is 24.0 Å². The van der Waals surface area contributed by atoms with Gasteiger partial charge in [0.15, 0.2) is 0 Å². The minimum Gasteiger partial charge on any atom is -0.465 e. The van der Waals surface area contributed by atoms with Crippen LogP contribution in [0.4, 0.5) is 0 Å². The highest BCUT2D eigenvalue weighted by Gasteiger charge is 2.05. The molecule has 0 radical (unpaired) electrons. The summed E-state index contributed by atoms with van der Waals surface area (Å²) in [5.74, 6) is -0.288. The van der Waals surface area contributed by atoms with Gasteiger partial charge < -0.3 is 9.84 Å². The van der Waals surface area contributed by atoms with E-state index >= 15 is 0 Å². The fourth-order valence-corrected chi connectivity index (χ4v) is 2.69. The van der Waals surface area contributed by atoms with E-state index in [2.05, 4.69) is 24.3 Å². The Kier molecular flexibility index (Phi) is 6.82. The molecule has 23 heavy (non-hydrogen) atoms. The molecular formula is C20H24O3. The lowest BCUT2D eigenvalue weighted by molar-refractivity contribution is 0.0600. The van der Waals surface area contributed by atoms with E-state index in [-0.39, 0.29) is 12.6 Å². The van der Waals surface area contributed by atoms with Gasteiger partial charge in [0.1, 0.15) is 0 Å². The Morgan fingerprint density at radius 2 is 1.48 bits per heavy atom. The minimum atomic E-state index is -0.288. The zero-order valence-electron chi connectivity index (χ0n) is 13.6. The normalized spacial score (nSPS) is 10.5. The van der Waals surface area contributed by atoms with E-state index in [1.54, 1.807) is 6.07 Å². The van der Waals surface area contributed by atoms with Gasteiger partial charge in [-0.15, -0.1) is 0 Å². The van der Waals surface area contributed by atoms with Gasteiger partial charge in [0.2, 0.25) is 0 Å². The maximum Gasteiger partial charge on any atom is 0.337 e. The molecule has 2 rings (SSSR count). The summed E-state index contributed by atoms with van der Waals surface area (Å²) >= 11 is 0. The van der Waals surface area contributed by atoms with Crippen molar-refractivity contribution in [2.45, 2.75) is 32.1 Å². The summed E-state index contributed by atoms with van der Waals surface area (Å²) in [5, 5.41) is 8.91. The first-order chi connectivity index (χ1) is 11.2. The third-order valence-electron chi connectivity index (χ3n) is 3.89. The highest BCUT2D eigenvalue weighted by atomic mass is 16.5. The number of aryl methyl sites for hydroxylation is 3. The van der Waals surface area contributed by atoms with Gasteiger partial charge in [-0.3, -0.25) is 0 Å². The van der Waals surface area contributed by atoms with Gasteiger partial charge in [-0.25, -0.2) is 4.79 Å². The zero-order chi connectivity index (χ0) is 16.5. The van der Waals surface area contributed by atoms with Crippen molar-refractivity contribution < 1.29 is 14.6 Å². The molecular weight excluding hydrogens is 288 g/mol. The first-order valence-electron chi connectivity index (χ1n) is 8.09. The Labute approximate surface area is 137 Å². The van der Waals surface area contributed by atoms with Crippen molar-refractivity contribution in [2.75, 3.05) is 13.7 Å². The number of hydrogen-bond donors (Lipinski definition) is 1. The van der Waals surface area contributed by atoms with Crippen LogP contribution in [-0.4, -0.2) is 24.8 Å². The highest BCUT2D eigenvalue weighted by molar-refractivity contribution is 5.89. The van der Waals surface area contributed by atoms with Crippen LogP contribution >= 0.6 is 0 Å². The van der Waals surface area contributed by atoms with Crippen LogP contribution in [0.5, 0.6) is 0 Å². The van der Waals surface area contributed by atoms with Crippen molar-refractivity contribution in [1.82, 2.24) is 0 Å². The molecule has 0 amide bonds. The van der Waals surface area contributed by atoms with E-state index in [9.17, 15) is 4.79 Å².